The van der Waals surface area contributed by atoms with Crippen molar-refractivity contribution in [2.45, 2.75) is 17.7 Å². The number of sulfonamides is 1. The van der Waals surface area contributed by atoms with Crippen molar-refractivity contribution in [1.29, 1.82) is 0 Å². The topological polar surface area (TPSA) is 86.7 Å². The van der Waals surface area contributed by atoms with Gasteiger partial charge in [0.25, 0.3) is 0 Å². The SMILES string of the molecule is CN(C)c1ccc(Br)c(S(=O)(=O)NCCCC(=O)O)c1. The van der Waals surface area contributed by atoms with Crippen molar-refractivity contribution in [3.8, 4) is 0 Å². The van der Waals surface area contributed by atoms with Gasteiger partial charge >= 0.3 is 5.97 Å². The Morgan fingerprint density at radius 3 is 2.60 bits per heavy atom. The summed E-state index contributed by atoms with van der Waals surface area (Å²) in [5.74, 6) is -0.944. The molecule has 0 radical (unpaired) electrons. The molecule has 0 amide bonds. The molecule has 0 spiro atoms. The number of benzene rings is 1. The second kappa shape index (κ2) is 7.05. The zero-order valence-electron chi connectivity index (χ0n) is 11.3. The van der Waals surface area contributed by atoms with Gasteiger partial charge in [-0.25, -0.2) is 13.1 Å². The number of rotatable bonds is 7. The van der Waals surface area contributed by atoms with Crippen LogP contribution in [0.15, 0.2) is 27.6 Å². The molecule has 8 heteroatoms. The van der Waals surface area contributed by atoms with E-state index in [2.05, 4.69) is 20.7 Å². The van der Waals surface area contributed by atoms with Gasteiger partial charge in [0.1, 0.15) is 0 Å². The van der Waals surface area contributed by atoms with Crippen molar-refractivity contribution in [1.82, 2.24) is 4.72 Å². The van der Waals surface area contributed by atoms with Crippen LogP contribution in [0.25, 0.3) is 0 Å². The number of anilines is 1. The van der Waals surface area contributed by atoms with Crippen LogP contribution in [0.5, 0.6) is 0 Å². The average Bonchev–Trinajstić information content (AvgIpc) is 2.34. The van der Waals surface area contributed by atoms with E-state index in [1.54, 1.807) is 23.1 Å². The monoisotopic (exact) mass is 364 g/mol. The van der Waals surface area contributed by atoms with E-state index in [-0.39, 0.29) is 24.3 Å². The molecule has 1 rings (SSSR count). The summed E-state index contributed by atoms with van der Waals surface area (Å²) in [4.78, 5) is 12.3. The molecule has 1 aromatic carbocycles. The minimum atomic E-state index is -3.66. The Morgan fingerprint density at radius 1 is 1.40 bits per heavy atom. The zero-order valence-corrected chi connectivity index (χ0v) is 13.7. The number of nitrogens with one attached hydrogen (secondary N) is 1. The minimum absolute atomic E-state index is 0.0680. The van der Waals surface area contributed by atoms with Gasteiger partial charge in [0.15, 0.2) is 0 Å². The first-order valence-corrected chi connectivity index (χ1v) is 8.20. The van der Waals surface area contributed by atoms with E-state index in [0.29, 0.717) is 4.47 Å². The first-order valence-electron chi connectivity index (χ1n) is 5.92. The molecule has 0 saturated carbocycles. The van der Waals surface area contributed by atoms with E-state index in [9.17, 15) is 13.2 Å². The third kappa shape index (κ3) is 4.77. The molecule has 0 heterocycles. The lowest BCUT2D eigenvalue weighted by Gasteiger charge is -2.15. The third-order valence-corrected chi connectivity index (χ3v) is 5.04. The Morgan fingerprint density at radius 2 is 2.05 bits per heavy atom. The lowest BCUT2D eigenvalue weighted by atomic mass is 10.3. The number of hydrogen-bond acceptors (Lipinski definition) is 4. The number of carbonyl (C=O) groups is 1. The van der Waals surface area contributed by atoms with Crippen LogP contribution in [0.4, 0.5) is 5.69 Å². The third-order valence-electron chi connectivity index (χ3n) is 2.58. The van der Waals surface area contributed by atoms with Crippen molar-refractivity contribution < 1.29 is 18.3 Å². The average molecular weight is 365 g/mol. The van der Waals surface area contributed by atoms with Gasteiger partial charge in [-0.3, -0.25) is 4.79 Å². The first-order chi connectivity index (χ1) is 9.24. The Bertz CT molecular complexity index is 587. The molecule has 0 bridgehead atoms. The smallest absolute Gasteiger partial charge is 0.303 e. The zero-order chi connectivity index (χ0) is 15.3. The summed E-state index contributed by atoms with van der Waals surface area (Å²) >= 11 is 3.22. The number of nitrogens with zero attached hydrogens (tertiary/aromatic N) is 1. The van der Waals surface area contributed by atoms with Gasteiger partial charge in [-0.1, -0.05) is 0 Å². The van der Waals surface area contributed by atoms with Crippen LogP contribution >= 0.6 is 15.9 Å². The van der Waals surface area contributed by atoms with Gasteiger partial charge in [-0.2, -0.15) is 0 Å². The van der Waals surface area contributed by atoms with Gasteiger partial charge in [-0.15, -0.1) is 0 Å². The van der Waals surface area contributed by atoms with E-state index in [1.807, 2.05) is 14.1 Å². The van der Waals surface area contributed by atoms with E-state index < -0.39 is 16.0 Å². The number of aliphatic carboxylic acids is 1. The number of carboxylic acids is 1. The molecule has 0 aliphatic carbocycles. The van der Waals surface area contributed by atoms with Crippen LogP contribution in [0, 0.1) is 0 Å². The number of carboxylic acid groups (broad SMARTS) is 1. The molecule has 2 N–H and O–H groups in total. The molecular weight excluding hydrogens is 348 g/mol. The molecule has 20 heavy (non-hydrogen) atoms. The molecule has 6 nitrogen and oxygen atoms in total. The van der Waals surface area contributed by atoms with Crippen LogP contribution in [0.1, 0.15) is 12.8 Å². The fourth-order valence-corrected chi connectivity index (χ4v) is 3.56. The van der Waals surface area contributed by atoms with Crippen molar-refractivity contribution >= 4 is 37.6 Å². The van der Waals surface area contributed by atoms with Crippen molar-refractivity contribution in [2.24, 2.45) is 0 Å². The minimum Gasteiger partial charge on any atom is -0.481 e. The molecule has 0 unspecified atom stereocenters. The highest BCUT2D eigenvalue weighted by Gasteiger charge is 2.18. The lowest BCUT2D eigenvalue weighted by molar-refractivity contribution is -0.137. The molecule has 112 valence electrons. The van der Waals surface area contributed by atoms with Gasteiger partial charge in [0.2, 0.25) is 10.0 Å². The Balaban J connectivity index is 2.86. The maximum Gasteiger partial charge on any atom is 0.303 e. The highest BCUT2D eigenvalue weighted by molar-refractivity contribution is 9.10. The van der Waals surface area contributed by atoms with Crippen LogP contribution in [0.3, 0.4) is 0 Å². The molecule has 0 aliphatic heterocycles. The van der Waals surface area contributed by atoms with E-state index in [1.165, 1.54) is 0 Å². The summed E-state index contributed by atoms with van der Waals surface area (Å²) in [6.45, 7) is 0.0905. The summed E-state index contributed by atoms with van der Waals surface area (Å²) < 4.78 is 27.2. The molecule has 1 aromatic rings. The quantitative estimate of drug-likeness (QED) is 0.718. The van der Waals surface area contributed by atoms with E-state index >= 15 is 0 Å². The van der Waals surface area contributed by atoms with Crippen molar-refractivity contribution in [3.63, 3.8) is 0 Å². The molecule has 0 fully saturated rings. The van der Waals surface area contributed by atoms with Gasteiger partial charge in [0, 0.05) is 37.2 Å². The van der Waals surface area contributed by atoms with Gasteiger partial charge < -0.3 is 10.0 Å². The van der Waals surface area contributed by atoms with Crippen LogP contribution in [0.2, 0.25) is 0 Å². The maximum absolute atomic E-state index is 12.2. The largest absolute Gasteiger partial charge is 0.481 e. The van der Waals surface area contributed by atoms with Crippen LogP contribution in [-0.4, -0.2) is 40.1 Å². The first kappa shape index (κ1) is 16.9. The van der Waals surface area contributed by atoms with Gasteiger partial charge in [0.05, 0.1) is 4.90 Å². The summed E-state index contributed by atoms with van der Waals surface area (Å²) in [7, 11) is -0.0226. The van der Waals surface area contributed by atoms with Gasteiger partial charge in [-0.05, 0) is 40.5 Å². The maximum atomic E-state index is 12.2. The summed E-state index contributed by atoms with van der Waals surface area (Å²) in [5.41, 5.74) is 0.763. The summed E-state index contributed by atoms with van der Waals surface area (Å²) in [6.07, 6.45) is 0.182. The fourth-order valence-electron chi connectivity index (χ4n) is 1.50. The second-order valence-electron chi connectivity index (χ2n) is 4.40. The number of hydrogen-bond donors (Lipinski definition) is 2. The Kier molecular flexibility index (Phi) is 5.97. The lowest BCUT2D eigenvalue weighted by Crippen LogP contribution is -2.26. The Hall–Kier alpha value is -1.12. The fraction of sp³-hybridized carbons (Fsp3) is 0.417. The molecule has 0 aliphatic rings. The standard InChI is InChI=1S/C12H17BrN2O4S/c1-15(2)9-5-6-10(13)11(8-9)20(18,19)14-7-3-4-12(16)17/h5-6,8,14H,3-4,7H2,1-2H3,(H,16,17). The molecule has 0 saturated heterocycles. The Labute approximate surface area is 127 Å². The highest BCUT2D eigenvalue weighted by Crippen LogP contribution is 2.26. The van der Waals surface area contributed by atoms with Crippen LogP contribution in [-0.2, 0) is 14.8 Å². The van der Waals surface area contributed by atoms with Crippen LogP contribution < -0.4 is 9.62 Å². The number of halogens is 1. The molecule has 0 aromatic heterocycles. The predicted octanol–water partition coefficient (Wildman–Crippen LogP) is 1.66. The summed E-state index contributed by atoms with van der Waals surface area (Å²) in [6, 6.07) is 5.03. The highest BCUT2D eigenvalue weighted by atomic mass is 79.9. The predicted molar refractivity (Wildman–Crippen MR) is 80.5 cm³/mol. The molecule has 0 atom stereocenters. The second-order valence-corrected chi connectivity index (χ2v) is 6.99. The van der Waals surface area contributed by atoms with E-state index in [4.69, 9.17) is 5.11 Å². The molecular formula is C12H17BrN2O4S. The van der Waals surface area contributed by atoms with E-state index in [0.717, 1.165) is 5.69 Å². The summed E-state index contributed by atoms with van der Waals surface area (Å²) in [5, 5.41) is 8.51. The van der Waals surface area contributed by atoms with Crippen molar-refractivity contribution in [2.75, 3.05) is 25.5 Å². The normalized spacial score (nSPS) is 11.3. The van der Waals surface area contributed by atoms with Crippen molar-refractivity contribution in [3.05, 3.63) is 22.7 Å².